The van der Waals surface area contributed by atoms with Gasteiger partial charge in [0.25, 0.3) is 5.69 Å². The van der Waals surface area contributed by atoms with Gasteiger partial charge in [-0.1, -0.05) is 17.7 Å². The smallest absolute Gasteiger partial charge is 0.287 e. The molecular weight excluding hydrogens is 314 g/mol. The van der Waals surface area contributed by atoms with Gasteiger partial charge in [0, 0.05) is 11.5 Å². The molecule has 3 aromatic rings. The Hall–Kier alpha value is -2.18. The minimum Gasteiger partial charge on any atom is -0.495 e. The molecular formula is C14H8ClNO4S. The van der Waals surface area contributed by atoms with Crippen LogP contribution >= 0.6 is 22.9 Å². The summed E-state index contributed by atoms with van der Waals surface area (Å²) in [5, 5.41) is 12.0. The van der Waals surface area contributed by atoms with Crippen molar-refractivity contribution in [3.63, 3.8) is 0 Å². The highest BCUT2D eigenvalue weighted by atomic mass is 35.5. The Bertz CT molecular complexity index is 951. The van der Waals surface area contributed by atoms with E-state index >= 15 is 0 Å². The number of halogens is 1. The van der Waals surface area contributed by atoms with Crippen LogP contribution in [0.2, 0.25) is 5.02 Å². The van der Waals surface area contributed by atoms with E-state index in [2.05, 4.69) is 0 Å². The van der Waals surface area contributed by atoms with E-state index < -0.39 is 4.92 Å². The molecule has 0 N–H and O–H groups in total. The number of non-ortho nitro benzene ring substituents is 1. The summed E-state index contributed by atoms with van der Waals surface area (Å²) in [6.07, 6.45) is 0. The summed E-state index contributed by atoms with van der Waals surface area (Å²) in [7, 11) is 1.49. The van der Waals surface area contributed by atoms with E-state index in [1.54, 1.807) is 18.2 Å². The molecule has 0 bridgehead atoms. The molecule has 21 heavy (non-hydrogen) atoms. The maximum absolute atomic E-state index is 12.6. The Morgan fingerprint density at radius 2 is 2.00 bits per heavy atom. The van der Waals surface area contributed by atoms with Crippen molar-refractivity contribution in [3.05, 3.63) is 55.7 Å². The summed E-state index contributed by atoms with van der Waals surface area (Å²) < 4.78 is 6.06. The first-order valence-electron chi connectivity index (χ1n) is 5.91. The molecule has 2 aromatic carbocycles. The molecule has 1 aromatic heterocycles. The molecule has 0 saturated heterocycles. The minimum absolute atomic E-state index is 0.135. The fraction of sp³-hybridized carbons (Fsp3) is 0.0714. The summed E-state index contributed by atoms with van der Waals surface area (Å²) in [5.74, 6) is 0.505. The molecule has 0 atom stereocenters. The molecule has 0 amide bonds. The highest BCUT2D eigenvalue weighted by molar-refractivity contribution is 7.25. The van der Waals surface area contributed by atoms with Crippen LogP contribution in [0.3, 0.4) is 0 Å². The third-order valence-corrected chi connectivity index (χ3v) is 4.71. The minimum atomic E-state index is -0.518. The van der Waals surface area contributed by atoms with Crippen LogP contribution in [-0.4, -0.2) is 12.0 Å². The van der Waals surface area contributed by atoms with Gasteiger partial charge >= 0.3 is 0 Å². The van der Waals surface area contributed by atoms with Crippen LogP contribution in [-0.2, 0) is 0 Å². The van der Waals surface area contributed by atoms with E-state index in [-0.39, 0.29) is 26.2 Å². The van der Waals surface area contributed by atoms with Crippen LogP contribution in [0.15, 0.2) is 35.1 Å². The van der Waals surface area contributed by atoms with Crippen LogP contribution in [0, 0.1) is 10.1 Å². The Balaban J connectivity index is 2.63. The number of benzene rings is 2. The van der Waals surface area contributed by atoms with E-state index in [1.807, 2.05) is 0 Å². The monoisotopic (exact) mass is 321 g/mol. The third kappa shape index (κ3) is 2.03. The van der Waals surface area contributed by atoms with Gasteiger partial charge in [-0.25, -0.2) is 0 Å². The summed E-state index contributed by atoms with van der Waals surface area (Å²) in [5.41, 5.74) is -0.462. The Morgan fingerprint density at radius 3 is 2.67 bits per heavy atom. The highest BCUT2D eigenvalue weighted by Crippen LogP contribution is 2.38. The van der Waals surface area contributed by atoms with Crippen molar-refractivity contribution in [2.24, 2.45) is 0 Å². The lowest BCUT2D eigenvalue weighted by Crippen LogP contribution is -2.03. The molecule has 0 saturated carbocycles. The van der Waals surface area contributed by atoms with Crippen molar-refractivity contribution < 1.29 is 9.66 Å². The second kappa shape index (κ2) is 4.98. The molecule has 7 heteroatoms. The topological polar surface area (TPSA) is 69.4 Å². The summed E-state index contributed by atoms with van der Waals surface area (Å²) >= 11 is 7.20. The zero-order valence-corrected chi connectivity index (χ0v) is 12.3. The zero-order chi connectivity index (χ0) is 15.1. The number of fused-ring (bicyclic) bond motifs is 2. The SMILES string of the molecule is COc1cccc2c(=O)c3c(Cl)ccc([N+](=O)[O-])c3sc12. The maximum Gasteiger partial charge on any atom is 0.287 e. The van der Waals surface area contributed by atoms with E-state index in [0.29, 0.717) is 15.8 Å². The molecule has 0 spiro atoms. The van der Waals surface area contributed by atoms with Gasteiger partial charge in [0.1, 0.15) is 10.4 Å². The van der Waals surface area contributed by atoms with Gasteiger partial charge in [0.2, 0.25) is 0 Å². The molecule has 106 valence electrons. The van der Waals surface area contributed by atoms with Crippen LogP contribution in [0.4, 0.5) is 5.69 Å². The molecule has 0 aliphatic rings. The second-order valence-corrected chi connectivity index (χ2v) is 5.72. The first-order chi connectivity index (χ1) is 10.0. The molecule has 3 rings (SSSR count). The molecule has 0 fully saturated rings. The Morgan fingerprint density at radius 1 is 1.24 bits per heavy atom. The number of nitrogens with zero attached hydrogens (tertiary/aromatic N) is 1. The lowest BCUT2D eigenvalue weighted by Gasteiger charge is -2.07. The predicted octanol–water partition coefficient (Wildman–Crippen LogP) is 3.98. The Kier molecular flexibility index (Phi) is 3.27. The van der Waals surface area contributed by atoms with E-state index in [0.717, 1.165) is 11.3 Å². The summed E-state index contributed by atoms with van der Waals surface area (Å²) in [6.45, 7) is 0. The zero-order valence-electron chi connectivity index (χ0n) is 10.8. The van der Waals surface area contributed by atoms with Gasteiger partial charge in [0.15, 0.2) is 5.43 Å². The number of hydrogen-bond acceptors (Lipinski definition) is 5. The molecule has 0 aliphatic carbocycles. The molecule has 0 radical (unpaired) electrons. The van der Waals surface area contributed by atoms with Gasteiger partial charge in [-0.3, -0.25) is 14.9 Å². The Labute approximate surface area is 127 Å². The van der Waals surface area contributed by atoms with E-state index in [1.165, 1.54) is 19.2 Å². The fourth-order valence-corrected chi connectivity index (χ4v) is 3.78. The number of methoxy groups -OCH3 is 1. The van der Waals surface area contributed by atoms with Crippen LogP contribution in [0.25, 0.3) is 20.2 Å². The van der Waals surface area contributed by atoms with Gasteiger partial charge in [-0.2, -0.15) is 0 Å². The average Bonchev–Trinajstić information content (AvgIpc) is 2.46. The first kappa shape index (κ1) is 13.8. The quantitative estimate of drug-likeness (QED) is 0.406. The molecule has 0 aliphatic heterocycles. The third-order valence-electron chi connectivity index (χ3n) is 3.16. The predicted molar refractivity (Wildman–Crippen MR) is 83.8 cm³/mol. The standard InChI is InChI=1S/C14H8ClNO4S/c1-20-10-4-2-3-7-12(17)11-8(15)5-6-9(16(18)19)14(11)21-13(7)10/h2-6H,1H3. The van der Waals surface area contributed by atoms with Crippen molar-refractivity contribution in [1.82, 2.24) is 0 Å². The summed E-state index contributed by atoms with van der Waals surface area (Å²) in [6, 6.07) is 7.75. The lowest BCUT2D eigenvalue weighted by molar-refractivity contribution is -0.382. The number of ether oxygens (including phenoxy) is 1. The largest absolute Gasteiger partial charge is 0.495 e. The van der Waals surface area contributed by atoms with Crippen LogP contribution < -0.4 is 10.2 Å². The number of hydrogen-bond donors (Lipinski definition) is 0. The van der Waals surface area contributed by atoms with Crippen molar-refractivity contribution in [2.45, 2.75) is 0 Å². The van der Waals surface area contributed by atoms with Gasteiger partial charge < -0.3 is 4.74 Å². The average molecular weight is 322 g/mol. The van der Waals surface area contributed by atoms with Crippen molar-refractivity contribution in [1.29, 1.82) is 0 Å². The fourth-order valence-electron chi connectivity index (χ4n) is 2.20. The number of nitro benzene ring substituents is 1. The highest BCUT2D eigenvalue weighted by Gasteiger charge is 2.20. The number of rotatable bonds is 2. The van der Waals surface area contributed by atoms with Crippen molar-refractivity contribution in [3.8, 4) is 5.75 Å². The van der Waals surface area contributed by atoms with Crippen molar-refractivity contribution in [2.75, 3.05) is 7.11 Å². The van der Waals surface area contributed by atoms with E-state index in [4.69, 9.17) is 16.3 Å². The lowest BCUT2D eigenvalue weighted by atomic mass is 10.1. The molecule has 0 unspecified atom stereocenters. The van der Waals surface area contributed by atoms with Crippen LogP contribution in [0.5, 0.6) is 5.75 Å². The van der Waals surface area contributed by atoms with Gasteiger partial charge in [-0.05, 0) is 18.2 Å². The molecule has 5 nitrogen and oxygen atoms in total. The molecule has 1 heterocycles. The number of nitro groups is 1. The van der Waals surface area contributed by atoms with Gasteiger partial charge in [0.05, 0.1) is 27.1 Å². The summed E-state index contributed by atoms with van der Waals surface area (Å²) in [4.78, 5) is 23.2. The normalized spacial score (nSPS) is 11.0. The van der Waals surface area contributed by atoms with E-state index in [9.17, 15) is 14.9 Å². The maximum atomic E-state index is 12.6. The van der Waals surface area contributed by atoms with Crippen molar-refractivity contribution >= 4 is 48.8 Å². The second-order valence-electron chi connectivity index (χ2n) is 4.30. The van der Waals surface area contributed by atoms with Gasteiger partial charge in [-0.15, -0.1) is 11.3 Å². The first-order valence-corrected chi connectivity index (χ1v) is 7.10. The van der Waals surface area contributed by atoms with Crippen LogP contribution in [0.1, 0.15) is 0 Å².